The van der Waals surface area contributed by atoms with E-state index in [2.05, 4.69) is 18.4 Å². The van der Waals surface area contributed by atoms with Crippen molar-refractivity contribution in [3.63, 3.8) is 0 Å². The number of carbonyl (C=O) groups is 1. The highest BCUT2D eigenvalue weighted by Crippen LogP contribution is 2.23. The molecule has 2 fully saturated rings. The van der Waals surface area contributed by atoms with E-state index in [1.165, 1.54) is 25.9 Å². The maximum absolute atomic E-state index is 11.9. The predicted molar refractivity (Wildman–Crippen MR) is 74.4 cm³/mol. The lowest BCUT2D eigenvalue weighted by Crippen LogP contribution is -2.41. The third-order valence-corrected chi connectivity index (χ3v) is 4.46. The van der Waals surface area contributed by atoms with E-state index in [1.807, 2.05) is 11.0 Å². The molecule has 2 saturated heterocycles. The highest BCUT2D eigenvalue weighted by molar-refractivity contribution is 5.76. The number of amides is 1. The molecule has 0 radical (unpaired) electrons. The van der Waals surface area contributed by atoms with Crippen LogP contribution in [0.1, 0.15) is 39.0 Å². The van der Waals surface area contributed by atoms with E-state index >= 15 is 0 Å². The largest absolute Gasteiger partial charge is 0.339 e. The average molecular weight is 250 g/mol. The lowest BCUT2D eigenvalue weighted by Gasteiger charge is -2.36. The fraction of sp³-hybridized carbons (Fsp3) is 0.800. The van der Waals surface area contributed by atoms with Gasteiger partial charge in [-0.05, 0) is 44.7 Å². The fourth-order valence-corrected chi connectivity index (χ4v) is 3.13. The lowest BCUT2D eigenvalue weighted by molar-refractivity contribution is -0.130. The summed E-state index contributed by atoms with van der Waals surface area (Å²) in [6.07, 6.45) is 7.36. The van der Waals surface area contributed by atoms with Crippen molar-refractivity contribution >= 4 is 5.91 Å². The van der Waals surface area contributed by atoms with Crippen LogP contribution >= 0.6 is 0 Å². The Morgan fingerprint density at radius 1 is 1.22 bits per heavy atom. The van der Waals surface area contributed by atoms with Gasteiger partial charge in [0.15, 0.2) is 0 Å². The van der Waals surface area contributed by atoms with E-state index < -0.39 is 0 Å². The van der Waals surface area contributed by atoms with Gasteiger partial charge in [0.1, 0.15) is 0 Å². The number of rotatable bonds is 3. The van der Waals surface area contributed by atoms with E-state index in [4.69, 9.17) is 0 Å². The van der Waals surface area contributed by atoms with Crippen LogP contribution in [-0.2, 0) is 4.79 Å². The molecule has 0 bridgehead atoms. The smallest absolute Gasteiger partial charge is 0.222 e. The van der Waals surface area contributed by atoms with Crippen LogP contribution in [-0.4, -0.2) is 47.9 Å². The molecule has 0 aromatic rings. The Bertz CT molecular complexity index is 295. The van der Waals surface area contributed by atoms with Gasteiger partial charge < -0.3 is 9.80 Å². The van der Waals surface area contributed by atoms with Gasteiger partial charge in [-0.15, -0.1) is 6.58 Å². The van der Waals surface area contributed by atoms with Crippen molar-refractivity contribution in [2.45, 2.75) is 45.1 Å². The van der Waals surface area contributed by atoms with E-state index in [0.29, 0.717) is 24.9 Å². The van der Waals surface area contributed by atoms with Crippen molar-refractivity contribution in [2.24, 2.45) is 5.92 Å². The molecule has 0 saturated carbocycles. The third kappa shape index (κ3) is 3.35. The maximum atomic E-state index is 11.9. The summed E-state index contributed by atoms with van der Waals surface area (Å²) >= 11 is 0. The molecule has 1 atom stereocenters. The monoisotopic (exact) mass is 250 g/mol. The van der Waals surface area contributed by atoms with Gasteiger partial charge >= 0.3 is 0 Å². The van der Waals surface area contributed by atoms with Crippen LogP contribution < -0.4 is 0 Å². The first-order valence-corrected chi connectivity index (χ1v) is 7.33. The highest BCUT2D eigenvalue weighted by Gasteiger charge is 2.27. The van der Waals surface area contributed by atoms with Crippen molar-refractivity contribution in [1.82, 2.24) is 9.80 Å². The van der Waals surface area contributed by atoms with Crippen molar-refractivity contribution in [3.05, 3.63) is 12.7 Å². The Balaban J connectivity index is 1.88. The van der Waals surface area contributed by atoms with Gasteiger partial charge in [-0.1, -0.05) is 13.0 Å². The summed E-state index contributed by atoms with van der Waals surface area (Å²) in [6.45, 7) is 10.1. The van der Waals surface area contributed by atoms with Crippen LogP contribution in [0.25, 0.3) is 0 Å². The van der Waals surface area contributed by atoms with Gasteiger partial charge in [0.2, 0.25) is 5.91 Å². The molecule has 0 N–H and O–H groups in total. The van der Waals surface area contributed by atoms with Crippen LogP contribution in [0.3, 0.4) is 0 Å². The second kappa shape index (κ2) is 6.37. The van der Waals surface area contributed by atoms with Crippen molar-refractivity contribution in [1.29, 1.82) is 0 Å². The Labute approximate surface area is 111 Å². The normalized spacial score (nSPS) is 28.2. The number of likely N-dealkylation sites (tertiary alicyclic amines) is 2. The zero-order valence-electron chi connectivity index (χ0n) is 11.6. The third-order valence-electron chi connectivity index (χ3n) is 4.46. The fourth-order valence-electron chi connectivity index (χ4n) is 3.13. The minimum absolute atomic E-state index is 0.308. The number of piperidine rings is 1. The van der Waals surface area contributed by atoms with Gasteiger partial charge in [-0.2, -0.15) is 0 Å². The first-order valence-electron chi connectivity index (χ1n) is 7.33. The maximum Gasteiger partial charge on any atom is 0.222 e. The minimum atomic E-state index is 0.308. The lowest BCUT2D eigenvalue weighted by atomic mass is 9.96. The van der Waals surface area contributed by atoms with E-state index in [9.17, 15) is 4.79 Å². The second-order valence-corrected chi connectivity index (χ2v) is 5.83. The molecule has 3 heteroatoms. The van der Waals surface area contributed by atoms with Gasteiger partial charge in [-0.3, -0.25) is 4.79 Å². The molecule has 1 amide bonds. The number of hydrogen-bond acceptors (Lipinski definition) is 2. The number of hydrogen-bond donors (Lipinski definition) is 0. The molecule has 0 aromatic heterocycles. The zero-order chi connectivity index (χ0) is 13.0. The standard InChI is InChI=1S/C15H26N2O/c1-3-9-17-12-8-14(4-5-15(17)18)16-10-6-13(2)7-11-16/h3,13-14H,1,4-12H2,2H3. The van der Waals surface area contributed by atoms with Gasteiger partial charge in [0.25, 0.3) is 0 Å². The molecule has 102 valence electrons. The molecule has 3 nitrogen and oxygen atoms in total. The highest BCUT2D eigenvalue weighted by atomic mass is 16.2. The molecule has 0 aromatic carbocycles. The zero-order valence-corrected chi connectivity index (χ0v) is 11.6. The SMILES string of the molecule is C=CCN1CCC(N2CCC(C)CC2)CCC1=O. The number of nitrogens with zero attached hydrogens (tertiary/aromatic N) is 2. The summed E-state index contributed by atoms with van der Waals surface area (Å²) in [5.41, 5.74) is 0. The number of carbonyl (C=O) groups excluding carboxylic acids is 1. The van der Waals surface area contributed by atoms with Crippen LogP contribution in [0.4, 0.5) is 0 Å². The summed E-state index contributed by atoms with van der Waals surface area (Å²) in [5.74, 6) is 1.19. The van der Waals surface area contributed by atoms with E-state index in [0.717, 1.165) is 25.3 Å². The molecular formula is C15H26N2O. The quantitative estimate of drug-likeness (QED) is 0.718. The molecule has 2 rings (SSSR count). The molecule has 1 unspecified atom stereocenters. The molecule has 0 aliphatic carbocycles. The van der Waals surface area contributed by atoms with E-state index in [-0.39, 0.29) is 0 Å². The Kier molecular flexibility index (Phi) is 4.81. The molecule has 2 aliphatic heterocycles. The van der Waals surface area contributed by atoms with Crippen LogP contribution in [0, 0.1) is 5.92 Å². The van der Waals surface area contributed by atoms with Gasteiger partial charge in [0.05, 0.1) is 0 Å². The summed E-state index contributed by atoms with van der Waals surface area (Å²) in [6, 6.07) is 0.622. The molecule has 18 heavy (non-hydrogen) atoms. The first-order chi connectivity index (χ1) is 8.70. The summed E-state index contributed by atoms with van der Waals surface area (Å²) in [5, 5.41) is 0. The van der Waals surface area contributed by atoms with Crippen LogP contribution in [0.5, 0.6) is 0 Å². The minimum Gasteiger partial charge on any atom is -0.339 e. The Morgan fingerprint density at radius 3 is 2.61 bits per heavy atom. The first kappa shape index (κ1) is 13.6. The summed E-state index contributed by atoms with van der Waals surface area (Å²) < 4.78 is 0. The van der Waals surface area contributed by atoms with Crippen molar-refractivity contribution in [2.75, 3.05) is 26.2 Å². The molecule has 2 heterocycles. The van der Waals surface area contributed by atoms with Crippen LogP contribution in [0.2, 0.25) is 0 Å². The summed E-state index contributed by atoms with van der Waals surface area (Å²) in [4.78, 5) is 16.5. The van der Waals surface area contributed by atoms with Gasteiger partial charge in [-0.25, -0.2) is 0 Å². The Hall–Kier alpha value is -0.830. The van der Waals surface area contributed by atoms with Crippen LogP contribution in [0.15, 0.2) is 12.7 Å². The molecular weight excluding hydrogens is 224 g/mol. The predicted octanol–water partition coefficient (Wildman–Crippen LogP) is 2.29. The molecule has 0 spiro atoms. The summed E-state index contributed by atoms with van der Waals surface area (Å²) in [7, 11) is 0. The topological polar surface area (TPSA) is 23.6 Å². The van der Waals surface area contributed by atoms with E-state index in [1.54, 1.807) is 0 Å². The van der Waals surface area contributed by atoms with Crippen molar-refractivity contribution < 1.29 is 4.79 Å². The van der Waals surface area contributed by atoms with Gasteiger partial charge in [0, 0.05) is 25.6 Å². The Morgan fingerprint density at radius 2 is 1.94 bits per heavy atom. The van der Waals surface area contributed by atoms with Crippen molar-refractivity contribution in [3.8, 4) is 0 Å². The average Bonchev–Trinajstić information content (AvgIpc) is 2.55. The second-order valence-electron chi connectivity index (χ2n) is 5.83. The molecule has 2 aliphatic rings.